The Morgan fingerprint density at radius 3 is 2.41 bits per heavy atom. The summed E-state index contributed by atoms with van der Waals surface area (Å²) in [6.07, 6.45) is 0.516. The summed E-state index contributed by atoms with van der Waals surface area (Å²) in [6, 6.07) is 11.2. The molecule has 32 heavy (non-hydrogen) atoms. The fourth-order valence-corrected chi connectivity index (χ4v) is 5.81. The van der Waals surface area contributed by atoms with Crippen LogP contribution in [0.5, 0.6) is 5.75 Å². The smallest absolute Gasteiger partial charge is 0.197 e. The molecule has 3 aromatic rings. The predicted octanol–water partition coefficient (Wildman–Crippen LogP) is 6.43. The van der Waals surface area contributed by atoms with Gasteiger partial charge in [-0.1, -0.05) is 45.4 Å². The van der Waals surface area contributed by atoms with Crippen LogP contribution in [0, 0.1) is 7.14 Å². The van der Waals surface area contributed by atoms with Crippen LogP contribution in [-0.4, -0.2) is 42.0 Å². The number of aliphatic hydroxyl groups is 1. The summed E-state index contributed by atoms with van der Waals surface area (Å²) in [7, 11) is 0. The number of para-hydroxylation sites is 1. The van der Waals surface area contributed by atoms with E-state index < -0.39 is 6.10 Å². The molecule has 1 N–H and O–H groups in total. The molecule has 5 nitrogen and oxygen atoms in total. The Morgan fingerprint density at radius 2 is 1.78 bits per heavy atom. The van der Waals surface area contributed by atoms with Crippen LogP contribution in [0.25, 0.3) is 11.0 Å². The first-order valence-corrected chi connectivity index (χ1v) is 13.1. The van der Waals surface area contributed by atoms with Crippen molar-refractivity contribution in [2.75, 3.05) is 26.2 Å². The number of rotatable bonds is 11. The monoisotopic (exact) mass is 661 g/mol. The Kier molecular flexibility index (Phi) is 9.39. The minimum absolute atomic E-state index is 0.148. The van der Waals surface area contributed by atoms with Gasteiger partial charge in [-0.2, -0.15) is 0 Å². The zero-order valence-corrected chi connectivity index (χ0v) is 23.0. The highest BCUT2D eigenvalue weighted by atomic mass is 127. The van der Waals surface area contributed by atoms with Gasteiger partial charge in [0.2, 0.25) is 0 Å². The first-order chi connectivity index (χ1) is 15.4. The summed E-state index contributed by atoms with van der Waals surface area (Å²) >= 11 is 4.45. The molecule has 1 atom stereocenters. The second-order valence-electron chi connectivity index (χ2n) is 7.62. The van der Waals surface area contributed by atoms with Crippen molar-refractivity contribution < 1.29 is 19.1 Å². The number of nitrogens with zero attached hydrogens (tertiary/aromatic N) is 1. The Hall–Kier alpha value is -1.17. The lowest BCUT2D eigenvalue weighted by Crippen LogP contribution is -2.28. The standard InChI is InChI=1S/C25H29I2NO4/c1-4-9-20(29)25-22(17-10-7-8-11-21(17)32-25)23(30)16-14-18(26)24(19(27)15-16)31-13-12-28(5-2)6-3/h7-8,10-11,14-15,20,29H,4-6,9,12-13H2,1-3H3. The lowest BCUT2D eigenvalue weighted by atomic mass is 9.97. The minimum Gasteiger partial charge on any atom is -0.490 e. The average Bonchev–Trinajstić information content (AvgIpc) is 3.17. The maximum absolute atomic E-state index is 13.6. The summed E-state index contributed by atoms with van der Waals surface area (Å²) in [5, 5.41) is 11.4. The highest BCUT2D eigenvalue weighted by Gasteiger charge is 2.27. The van der Waals surface area contributed by atoms with Crippen LogP contribution in [0.4, 0.5) is 0 Å². The van der Waals surface area contributed by atoms with E-state index in [2.05, 4.69) is 63.9 Å². The van der Waals surface area contributed by atoms with Gasteiger partial charge in [0.1, 0.15) is 29.8 Å². The molecule has 1 heterocycles. The van der Waals surface area contributed by atoms with E-state index in [0.29, 0.717) is 35.5 Å². The number of hydrogen-bond acceptors (Lipinski definition) is 5. The zero-order valence-electron chi connectivity index (χ0n) is 18.7. The molecule has 7 heteroatoms. The van der Waals surface area contributed by atoms with Gasteiger partial charge in [-0.15, -0.1) is 0 Å². The van der Waals surface area contributed by atoms with Crippen molar-refractivity contribution in [3.63, 3.8) is 0 Å². The van der Waals surface area contributed by atoms with Crippen LogP contribution in [-0.2, 0) is 0 Å². The van der Waals surface area contributed by atoms with Gasteiger partial charge in [-0.25, -0.2) is 0 Å². The Labute approximate surface area is 216 Å². The van der Waals surface area contributed by atoms with Crippen LogP contribution >= 0.6 is 45.2 Å². The Balaban J connectivity index is 1.93. The number of aliphatic hydroxyl groups excluding tert-OH is 1. The molecule has 0 saturated heterocycles. The zero-order chi connectivity index (χ0) is 23.3. The molecular formula is C25H29I2NO4. The molecule has 0 saturated carbocycles. The van der Waals surface area contributed by atoms with Gasteiger partial charge in [-0.3, -0.25) is 4.79 Å². The van der Waals surface area contributed by atoms with E-state index in [9.17, 15) is 9.90 Å². The third-order valence-corrected chi connectivity index (χ3v) is 7.13. The molecule has 3 rings (SSSR count). The van der Waals surface area contributed by atoms with Crippen molar-refractivity contribution in [3.05, 3.63) is 60.4 Å². The summed E-state index contributed by atoms with van der Waals surface area (Å²) in [5.41, 5.74) is 1.62. The maximum atomic E-state index is 13.6. The van der Waals surface area contributed by atoms with E-state index >= 15 is 0 Å². The largest absolute Gasteiger partial charge is 0.490 e. The molecule has 0 amide bonds. The molecule has 0 aliphatic carbocycles. The van der Waals surface area contributed by atoms with Crippen molar-refractivity contribution in [1.82, 2.24) is 4.90 Å². The number of halogens is 2. The van der Waals surface area contributed by atoms with Crippen molar-refractivity contribution in [1.29, 1.82) is 0 Å². The van der Waals surface area contributed by atoms with E-state index in [1.807, 2.05) is 43.3 Å². The quantitative estimate of drug-likeness (QED) is 0.190. The number of hydrogen-bond donors (Lipinski definition) is 1. The molecule has 2 aromatic carbocycles. The second-order valence-corrected chi connectivity index (χ2v) is 9.94. The fourth-order valence-electron chi connectivity index (χ4n) is 3.73. The van der Waals surface area contributed by atoms with Gasteiger partial charge in [0.15, 0.2) is 5.78 Å². The third-order valence-electron chi connectivity index (χ3n) is 5.52. The van der Waals surface area contributed by atoms with Crippen LogP contribution in [0.15, 0.2) is 40.8 Å². The highest BCUT2D eigenvalue weighted by Crippen LogP contribution is 2.35. The molecule has 0 radical (unpaired) electrons. The molecule has 0 bridgehead atoms. The number of benzene rings is 2. The maximum Gasteiger partial charge on any atom is 0.197 e. The van der Waals surface area contributed by atoms with Crippen molar-refractivity contribution in [2.24, 2.45) is 0 Å². The molecule has 172 valence electrons. The Morgan fingerprint density at radius 1 is 1.12 bits per heavy atom. The number of furan rings is 1. The van der Waals surface area contributed by atoms with E-state index in [-0.39, 0.29) is 5.78 Å². The average molecular weight is 661 g/mol. The van der Waals surface area contributed by atoms with Gasteiger partial charge in [0.25, 0.3) is 0 Å². The summed E-state index contributed by atoms with van der Waals surface area (Å²) < 4.78 is 13.8. The van der Waals surface area contributed by atoms with Crippen LogP contribution in [0.2, 0.25) is 0 Å². The van der Waals surface area contributed by atoms with Crippen LogP contribution in [0.3, 0.4) is 0 Å². The first-order valence-electron chi connectivity index (χ1n) is 11.0. The Bertz CT molecular complexity index is 1050. The van der Waals surface area contributed by atoms with Gasteiger partial charge in [0, 0.05) is 17.5 Å². The molecule has 1 aromatic heterocycles. The van der Waals surface area contributed by atoms with E-state index in [4.69, 9.17) is 9.15 Å². The summed E-state index contributed by atoms with van der Waals surface area (Å²) in [6.45, 7) is 9.72. The van der Waals surface area contributed by atoms with E-state index in [0.717, 1.165) is 44.3 Å². The van der Waals surface area contributed by atoms with E-state index in [1.165, 1.54) is 0 Å². The van der Waals surface area contributed by atoms with Crippen LogP contribution in [0.1, 0.15) is 61.4 Å². The lowest BCUT2D eigenvalue weighted by Gasteiger charge is -2.19. The number of carbonyl (C=O) groups excluding carboxylic acids is 1. The predicted molar refractivity (Wildman–Crippen MR) is 145 cm³/mol. The molecule has 0 aliphatic heterocycles. The number of fused-ring (bicyclic) bond motifs is 1. The van der Waals surface area contributed by atoms with Gasteiger partial charge in [0.05, 0.1) is 12.7 Å². The summed E-state index contributed by atoms with van der Waals surface area (Å²) in [4.78, 5) is 15.9. The number of ketones is 1. The summed E-state index contributed by atoms with van der Waals surface area (Å²) in [5.74, 6) is 1.01. The fraction of sp³-hybridized carbons (Fsp3) is 0.400. The SMILES string of the molecule is CCCC(O)c1oc2ccccc2c1C(=O)c1cc(I)c(OCCN(CC)CC)c(I)c1. The van der Waals surface area contributed by atoms with Gasteiger partial charge >= 0.3 is 0 Å². The topological polar surface area (TPSA) is 62.9 Å². The first kappa shape index (κ1) is 25.5. The second kappa shape index (κ2) is 11.8. The third kappa shape index (κ3) is 5.66. The molecule has 0 spiro atoms. The number of carbonyl (C=O) groups is 1. The van der Waals surface area contributed by atoms with Gasteiger partial charge in [-0.05, 0) is 82.9 Å². The highest BCUT2D eigenvalue weighted by molar-refractivity contribution is 14.1. The van der Waals surface area contributed by atoms with Crippen molar-refractivity contribution in [3.8, 4) is 5.75 Å². The molecule has 0 aliphatic rings. The number of ether oxygens (including phenoxy) is 1. The van der Waals surface area contributed by atoms with Crippen LogP contribution < -0.4 is 4.74 Å². The number of likely N-dealkylation sites (N-methyl/N-ethyl adjacent to an activating group) is 1. The normalized spacial score (nSPS) is 12.5. The molecule has 0 fully saturated rings. The minimum atomic E-state index is -0.813. The van der Waals surface area contributed by atoms with Crippen molar-refractivity contribution in [2.45, 2.75) is 39.7 Å². The van der Waals surface area contributed by atoms with Gasteiger partial charge < -0.3 is 19.2 Å². The van der Waals surface area contributed by atoms with E-state index in [1.54, 1.807) is 0 Å². The lowest BCUT2D eigenvalue weighted by molar-refractivity contribution is 0.102. The molecular weight excluding hydrogens is 632 g/mol. The molecule has 1 unspecified atom stereocenters. The van der Waals surface area contributed by atoms with Crippen molar-refractivity contribution >= 4 is 61.9 Å².